The summed E-state index contributed by atoms with van der Waals surface area (Å²) < 4.78 is 1.82. The highest BCUT2D eigenvalue weighted by atomic mass is 32.1. The van der Waals surface area contributed by atoms with Gasteiger partial charge in [-0.1, -0.05) is 53.8 Å². The van der Waals surface area contributed by atoms with Gasteiger partial charge in [0.1, 0.15) is 0 Å². The zero-order valence-corrected chi connectivity index (χ0v) is 16.8. The van der Waals surface area contributed by atoms with Crippen LogP contribution >= 0.6 is 11.3 Å². The number of hydrogen-bond acceptors (Lipinski definition) is 5. The predicted octanol–water partition coefficient (Wildman–Crippen LogP) is 5.19. The van der Waals surface area contributed by atoms with Crippen molar-refractivity contribution in [3.63, 3.8) is 0 Å². The molecule has 1 aliphatic heterocycles. The number of para-hydroxylation sites is 2. The lowest BCUT2D eigenvalue weighted by Crippen LogP contribution is -2.15. The number of nitrogens with zero attached hydrogens (tertiary/aromatic N) is 4. The van der Waals surface area contributed by atoms with Crippen molar-refractivity contribution in [3.8, 4) is 5.88 Å². The van der Waals surface area contributed by atoms with Crippen LogP contribution < -0.4 is 4.80 Å². The highest BCUT2D eigenvalue weighted by Crippen LogP contribution is 2.34. The van der Waals surface area contributed by atoms with Gasteiger partial charge in [-0.15, -0.1) is 0 Å². The fourth-order valence-electron chi connectivity index (χ4n) is 3.32. The second-order valence-electron chi connectivity index (χ2n) is 6.84. The Balaban J connectivity index is 1.63. The summed E-state index contributed by atoms with van der Waals surface area (Å²) in [5.74, 6) is 0.184. The topological polar surface area (TPSA) is 62.8 Å². The standard InChI is InChI=1S/C24H18N4OS/c29-23-22(13-18-15-26-21-11-5-4-10-20(18)21)30-24(27-19-8-2-1-3-9-19)28(23)16-17-7-6-12-25-14-17/h1-15,29H,16H2. The molecule has 0 saturated heterocycles. The number of thiazole rings is 1. The van der Waals surface area contributed by atoms with E-state index >= 15 is 0 Å². The third kappa shape index (κ3) is 3.60. The lowest BCUT2D eigenvalue weighted by atomic mass is 10.1. The maximum absolute atomic E-state index is 11.1. The Hall–Kier alpha value is -3.77. The van der Waals surface area contributed by atoms with Gasteiger partial charge in [-0.2, -0.15) is 0 Å². The molecule has 1 N–H and O–H groups in total. The summed E-state index contributed by atoms with van der Waals surface area (Å²) >= 11 is 1.45. The molecule has 0 spiro atoms. The van der Waals surface area contributed by atoms with Gasteiger partial charge in [0.2, 0.25) is 5.88 Å². The van der Waals surface area contributed by atoms with Crippen LogP contribution in [0.5, 0.6) is 5.88 Å². The number of fused-ring (bicyclic) bond motifs is 1. The minimum Gasteiger partial charge on any atom is -0.493 e. The molecule has 0 amide bonds. The number of rotatable bonds is 4. The first kappa shape index (κ1) is 18.3. The Morgan fingerprint density at radius 2 is 1.83 bits per heavy atom. The molecule has 2 aromatic heterocycles. The summed E-state index contributed by atoms with van der Waals surface area (Å²) in [6.45, 7) is 0.482. The van der Waals surface area contributed by atoms with Gasteiger partial charge in [0.15, 0.2) is 4.80 Å². The molecule has 0 aliphatic carbocycles. The Bertz CT molecular complexity index is 1320. The SMILES string of the molecule is Oc1c(C=C2C=Nc3ccccc32)sc(=Nc2ccccc2)n1Cc1cccnc1. The number of aromatic hydroxyl groups is 1. The number of allylic oxidation sites excluding steroid dienone is 1. The summed E-state index contributed by atoms with van der Waals surface area (Å²) in [6.07, 6.45) is 7.35. The van der Waals surface area contributed by atoms with Crippen molar-refractivity contribution < 1.29 is 5.11 Å². The highest BCUT2D eigenvalue weighted by molar-refractivity contribution is 7.10. The Labute approximate surface area is 177 Å². The second kappa shape index (κ2) is 7.93. The van der Waals surface area contributed by atoms with Crippen LogP contribution in [0.4, 0.5) is 11.4 Å². The van der Waals surface area contributed by atoms with Crippen LogP contribution in [0.2, 0.25) is 0 Å². The van der Waals surface area contributed by atoms with Crippen molar-refractivity contribution in [2.75, 3.05) is 0 Å². The van der Waals surface area contributed by atoms with E-state index in [1.54, 1.807) is 12.4 Å². The van der Waals surface area contributed by atoms with Gasteiger partial charge in [-0.05, 0) is 35.9 Å². The van der Waals surface area contributed by atoms with Crippen molar-refractivity contribution >= 4 is 40.6 Å². The van der Waals surface area contributed by atoms with E-state index in [0.29, 0.717) is 6.54 Å². The zero-order chi connectivity index (χ0) is 20.3. The van der Waals surface area contributed by atoms with Crippen LogP contribution in [-0.2, 0) is 6.54 Å². The van der Waals surface area contributed by atoms with E-state index in [0.717, 1.165) is 37.8 Å². The molecule has 0 atom stereocenters. The lowest BCUT2D eigenvalue weighted by molar-refractivity contribution is 0.419. The van der Waals surface area contributed by atoms with Crippen LogP contribution in [0.3, 0.4) is 0 Å². The molecule has 6 heteroatoms. The molecule has 0 radical (unpaired) electrons. The van der Waals surface area contributed by atoms with E-state index in [1.807, 2.05) is 83.6 Å². The van der Waals surface area contributed by atoms with Crippen molar-refractivity contribution in [1.29, 1.82) is 0 Å². The first-order valence-electron chi connectivity index (χ1n) is 9.54. The van der Waals surface area contributed by atoms with Crippen LogP contribution in [0.25, 0.3) is 11.6 Å². The van der Waals surface area contributed by atoms with Gasteiger partial charge >= 0.3 is 0 Å². The van der Waals surface area contributed by atoms with Gasteiger partial charge in [0.25, 0.3) is 0 Å². The summed E-state index contributed by atoms with van der Waals surface area (Å²) in [7, 11) is 0. The molecule has 4 aromatic rings. The first-order chi connectivity index (χ1) is 14.8. The molecule has 0 saturated carbocycles. The molecule has 0 unspecified atom stereocenters. The number of pyridine rings is 1. The van der Waals surface area contributed by atoms with Crippen LogP contribution in [-0.4, -0.2) is 20.9 Å². The summed E-state index contributed by atoms with van der Waals surface area (Å²) in [5.41, 5.74) is 4.81. The van der Waals surface area contributed by atoms with Crippen molar-refractivity contribution in [1.82, 2.24) is 9.55 Å². The zero-order valence-electron chi connectivity index (χ0n) is 16.0. The Kier molecular flexibility index (Phi) is 4.83. The fraction of sp³-hybridized carbons (Fsp3) is 0.0417. The minimum atomic E-state index is 0.184. The van der Waals surface area contributed by atoms with Gasteiger partial charge in [-0.25, -0.2) is 4.99 Å². The van der Waals surface area contributed by atoms with Crippen molar-refractivity contribution in [3.05, 3.63) is 99.9 Å². The molecule has 0 bridgehead atoms. The van der Waals surface area contributed by atoms with Crippen molar-refractivity contribution in [2.24, 2.45) is 9.98 Å². The molecule has 146 valence electrons. The average molecular weight is 411 g/mol. The maximum Gasteiger partial charge on any atom is 0.211 e. The van der Waals surface area contributed by atoms with Crippen molar-refractivity contribution in [2.45, 2.75) is 6.54 Å². The van der Waals surface area contributed by atoms with E-state index in [4.69, 9.17) is 4.99 Å². The molecule has 5 nitrogen and oxygen atoms in total. The monoisotopic (exact) mass is 410 g/mol. The number of aliphatic imine (C=N–C) groups is 1. The highest BCUT2D eigenvalue weighted by Gasteiger charge is 2.16. The molecule has 5 rings (SSSR count). The molecule has 3 heterocycles. The van der Waals surface area contributed by atoms with E-state index in [1.165, 1.54) is 11.3 Å². The van der Waals surface area contributed by atoms with Gasteiger partial charge in [0, 0.05) is 29.7 Å². The van der Waals surface area contributed by atoms with Gasteiger partial charge in [0.05, 0.1) is 22.8 Å². The Morgan fingerprint density at radius 3 is 2.67 bits per heavy atom. The van der Waals surface area contributed by atoms with E-state index < -0.39 is 0 Å². The number of aromatic nitrogens is 2. The molecule has 2 aromatic carbocycles. The first-order valence-corrected chi connectivity index (χ1v) is 10.4. The summed E-state index contributed by atoms with van der Waals surface area (Å²) in [4.78, 5) is 14.9. The largest absolute Gasteiger partial charge is 0.493 e. The second-order valence-corrected chi connectivity index (χ2v) is 7.85. The van der Waals surface area contributed by atoms with Gasteiger partial charge in [-0.3, -0.25) is 14.5 Å². The maximum atomic E-state index is 11.1. The predicted molar refractivity (Wildman–Crippen MR) is 121 cm³/mol. The normalized spacial score (nSPS) is 14.4. The smallest absolute Gasteiger partial charge is 0.211 e. The third-order valence-corrected chi connectivity index (χ3v) is 5.81. The number of benzene rings is 2. The van der Waals surface area contributed by atoms with Crippen LogP contribution in [0.1, 0.15) is 16.0 Å². The van der Waals surface area contributed by atoms with E-state index in [-0.39, 0.29) is 5.88 Å². The molecular formula is C24H18N4OS. The molecule has 30 heavy (non-hydrogen) atoms. The van der Waals surface area contributed by atoms with E-state index in [2.05, 4.69) is 9.98 Å². The average Bonchev–Trinajstić information content (AvgIpc) is 3.32. The molecule has 0 fully saturated rings. The van der Waals surface area contributed by atoms with Gasteiger partial charge < -0.3 is 5.11 Å². The molecular weight excluding hydrogens is 392 g/mol. The quantitative estimate of drug-likeness (QED) is 0.503. The summed E-state index contributed by atoms with van der Waals surface area (Å²) in [5, 5.41) is 11.1. The minimum absolute atomic E-state index is 0.184. The van der Waals surface area contributed by atoms with E-state index in [9.17, 15) is 5.11 Å². The fourth-order valence-corrected chi connectivity index (χ4v) is 4.32. The van der Waals surface area contributed by atoms with Crippen LogP contribution in [0, 0.1) is 0 Å². The Morgan fingerprint density at radius 1 is 1.00 bits per heavy atom. The summed E-state index contributed by atoms with van der Waals surface area (Å²) in [6, 6.07) is 21.6. The number of hydrogen-bond donors (Lipinski definition) is 1. The molecule has 1 aliphatic rings. The third-order valence-electron chi connectivity index (χ3n) is 4.80. The van der Waals surface area contributed by atoms with Crippen LogP contribution in [0.15, 0.2) is 89.1 Å². The lowest BCUT2D eigenvalue weighted by Gasteiger charge is -2.05.